The van der Waals surface area contributed by atoms with Crippen molar-refractivity contribution in [3.05, 3.63) is 13.2 Å². The van der Waals surface area contributed by atoms with Crippen molar-refractivity contribution in [3.63, 3.8) is 0 Å². The van der Waals surface area contributed by atoms with Crippen LogP contribution in [-0.2, 0) is 0 Å². The average molecular weight is 134 g/mol. The number of rotatable bonds is 1. The summed E-state index contributed by atoms with van der Waals surface area (Å²) >= 11 is 8.39. The van der Waals surface area contributed by atoms with Crippen LogP contribution in [0, 0.1) is 0 Å². The second-order valence-electron chi connectivity index (χ2n) is 0.747. The van der Waals surface area contributed by atoms with Crippen LogP contribution in [0.15, 0.2) is 13.2 Å². The lowest BCUT2D eigenvalue weighted by molar-refractivity contribution is 1.35. The van der Waals surface area contributed by atoms with Gasteiger partial charge in [-0.25, -0.2) is 0 Å². The first kappa shape index (κ1) is 10.2. The van der Waals surface area contributed by atoms with Gasteiger partial charge < -0.3 is 0 Å². The number of hydrogen-bond acceptors (Lipinski definition) is 1. The van der Waals surface area contributed by atoms with Crippen LogP contribution in [0.3, 0.4) is 0 Å². The van der Waals surface area contributed by atoms with Crippen molar-refractivity contribution in [2.75, 3.05) is 0 Å². The molecule has 0 radical (unpaired) electrons. The first-order valence-electron chi connectivity index (χ1n) is 1.99. The molecule has 0 N–H and O–H groups in total. The van der Waals surface area contributed by atoms with E-state index in [-0.39, 0.29) is 0 Å². The van der Waals surface area contributed by atoms with E-state index in [1.165, 1.54) is 0 Å². The molecule has 0 aromatic rings. The molecule has 0 aliphatic carbocycles. The third-order valence-corrected chi connectivity index (χ3v) is 0.907. The molecule has 0 unspecified atom stereocenters. The minimum absolute atomic E-state index is 0.782. The fourth-order valence-electron chi connectivity index (χ4n) is 0. The van der Waals surface area contributed by atoms with Gasteiger partial charge in [-0.1, -0.05) is 19.1 Å². The Morgan fingerprint density at radius 3 is 1.86 bits per heavy atom. The van der Waals surface area contributed by atoms with Crippen molar-refractivity contribution in [1.29, 1.82) is 0 Å². The number of thiol groups is 1. The van der Waals surface area contributed by atoms with E-state index in [0.717, 1.165) is 10.6 Å². The third kappa shape index (κ3) is 22.7. The van der Waals surface area contributed by atoms with Gasteiger partial charge in [0.25, 0.3) is 0 Å². The molecule has 0 fully saturated rings. The Labute approximate surface area is 56.0 Å². The van der Waals surface area contributed by atoms with Gasteiger partial charge in [0.05, 0.1) is 0 Å². The number of hydrogen-bond donors (Lipinski definition) is 1. The Bertz CT molecular complexity index is 50.0. The van der Waals surface area contributed by atoms with Gasteiger partial charge in [-0.15, -0.1) is 25.8 Å². The SMILES string of the molecule is C=C.CCC(=S)S. The molecule has 0 aromatic heterocycles. The maximum atomic E-state index is 4.56. The molecule has 0 nitrogen and oxygen atoms in total. The van der Waals surface area contributed by atoms with Crippen molar-refractivity contribution in [3.8, 4) is 0 Å². The summed E-state index contributed by atoms with van der Waals surface area (Å²) in [4.78, 5) is 0. The highest BCUT2D eigenvalue weighted by atomic mass is 32.1. The van der Waals surface area contributed by atoms with E-state index < -0.39 is 0 Å². The predicted octanol–water partition coefficient (Wildman–Crippen LogP) is 2.46. The summed E-state index contributed by atoms with van der Waals surface area (Å²) in [5.74, 6) is 0. The van der Waals surface area contributed by atoms with E-state index in [0.29, 0.717) is 0 Å². The van der Waals surface area contributed by atoms with E-state index in [1.807, 2.05) is 6.92 Å². The first-order valence-corrected chi connectivity index (χ1v) is 2.84. The molecule has 2 heteroatoms. The predicted molar refractivity (Wildman–Crippen MR) is 43.1 cm³/mol. The van der Waals surface area contributed by atoms with E-state index in [2.05, 4.69) is 38.0 Å². The monoisotopic (exact) mass is 134 g/mol. The minimum atomic E-state index is 0.782. The molecule has 0 spiro atoms. The van der Waals surface area contributed by atoms with Gasteiger partial charge in [-0.05, 0) is 6.42 Å². The molecule has 0 amide bonds. The lowest BCUT2D eigenvalue weighted by atomic mass is 10.6. The summed E-state index contributed by atoms with van der Waals surface area (Å²) < 4.78 is 0.782. The van der Waals surface area contributed by atoms with Gasteiger partial charge >= 0.3 is 0 Å². The zero-order chi connectivity index (χ0) is 6.28. The molecule has 0 aromatic carbocycles. The van der Waals surface area contributed by atoms with Crippen LogP contribution in [0.5, 0.6) is 0 Å². The van der Waals surface area contributed by atoms with Crippen LogP contribution in [0.1, 0.15) is 13.3 Å². The van der Waals surface area contributed by atoms with E-state index in [1.54, 1.807) is 0 Å². The molecule has 0 aliphatic rings. The second-order valence-corrected chi connectivity index (χ2v) is 2.08. The first-order chi connectivity index (χ1) is 3.27. The molecule has 0 saturated heterocycles. The minimum Gasteiger partial charge on any atom is -0.136 e. The summed E-state index contributed by atoms with van der Waals surface area (Å²) in [6.07, 6.45) is 0.901. The summed E-state index contributed by atoms with van der Waals surface area (Å²) in [5.41, 5.74) is 0. The normalized spacial score (nSPS) is 6.00. The molecular weight excluding hydrogens is 124 g/mol. The van der Waals surface area contributed by atoms with Crippen molar-refractivity contribution >= 4 is 29.0 Å². The van der Waals surface area contributed by atoms with E-state index >= 15 is 0 Å². The van der Waals surface area contributed by atoms with Gasteiger partial charge in [0.15, 0.2) is 0 Å². The van der Waals surface area contributed by atoms with Crippen molar-refractivity contribution in [1.82, 2.24) is 0 Å². The summed E-state index contributed by atoms with van der Waals surface area (Å²) in [7, 11) is 0. The largest absolute Gasteiger partial charge is 0.136 e. The Balaban J connectivity index is 0. The summed E-state index contributed by atoms with van der Waals surface area (Å²) in [6, 6.07) is 0. The van der Waals surface area contributed by atoms with Crippen LogP contribution < -0.4 is 0 Å². The summed E-state index contributed by atoms with van der Waals surface area (Å²) in [6.45, 7) is 7.98. The highest BCUT2D eigenvalue weighted by Gasteiger charge is 1.72. The Morgan fingerprint density at radius 2 is 1.86 bits per heavy atom. The highest BCUT2D eigenvalue weighted by molar-refractivity contribution is 8.11. The maximum Gasteiger partial charge on any atom is 0.0445 e. The van der Waals surface area contributed by atoms with Crippen LogP contribution in [0.25, 0.3) is 0 Å². The molecule has 7 heavy (non-hydrogen) atoms. The molecule has 0 aliphatic heterocycles. The van der Waals surface area contributed by atoms with Crippen LogP contribution in [0.2, 0.25) is 0 Å². The van der Waals surface area contributed by atoms with E-state index in [9.17, 15) is 0 Å². The van der Waals surface area contributed by atoms with Gasteiger partial charge in [-0.3, -0.25) is 0 Å². The van der Waals surface area contributed by atoms with E-state index in [4.69, 9.17) is 0 Å². The second kappa shape index (κ2) is 9.49. The zero-order valence-corrected chi connectivity index (χ0v) is 6.19. The number of thiocarbonyl (C=S) groups is 1. The van der Waals surface area contributed by atoms with Crippen molar-refractivity contribution in [2.24, 2.45) is 0 Å². The van der Waals surface area contributed by atoms with Gasteiger partial charge in [0, 0.05) is 4.20 Å². The summed E-state index contributed by atoms with van der Waals surface area (Å²) in [5, 5.41) is 0. The zero-order valence-electron chi connectivity index (χ0n) is 4.48. The molecule has 0 bridgehead atoms. The highest BCUT2D eigenvalue weighted by Crippen LogP contribution is 1.86. The smallest absolute Gasteiger partial charge is 0.0445 e. The van der Waals surface area contributed by atoms with Crippen molar-refractivity contribution < 1.29 is 0 Å². The topological polar surface area (TPSA) is 0 Å². The molecular formula is C5H10S2. The van der Waals surface area contributed by atoms with Crippen molar-refractivity contribution in [2.45, 2.75) is 13.3 Å². The maximum absolute atomic E-state index is 4.56. The molecule has 0 rings (SSSR count). The lowest BCUT2D eigenvalue weighted by Gasteiger charge is -1.75. The van der Waals surface area contributed by atoms with Crippen LogP contribution in [-0.4, -0.2) is 4.20 Å². The van der Waals surface area contributed by atoms with Crippen LogP contribution in [0.4, 0.5) is 0 Å². The average Bonchev–Trinajstić information content (AvgIpc) is 1.73. The molecule has 0 heterocycles. The fourth-order valence-corrected chi connectivity index (χ4v) is 0. The Kier molecular flexibility index (Phi) is 13.9. The van der Waals surface area contributed by atoms with Crippen LogP contribution >= 0.6 is 24.8 Å². The Hall–Kier alpha value is 0.180. The molecule has 42 valence electrons. The quantitative estimate of drug-likeness (QED) is 0.326. The fraction of sp³-hybridized carbons (Fsp3) is 0.400. The molecule has 0 saturated carbocycles. The van der Waals surface area contributed by atoms with Gasteiger partial charge in [0.1, 0.15) is 0 Å². The lowest BCUT2D eigenvalue weighted by Crippen LogP contribution is -1.69. The molecule has 0 atom stereocenters. The third-order valence-electron chi connectivity index (χ3n) is 0.302. The van der Waals surface area contributed by atoms with Gasteiger partial charge in [0.2, 0.25) is 0 Å². The standard InChI is InChI=1S/C3H6S2.C2H4/c1-2-3(4)5;1-2/h2H2,1H3,(H,4,5);1-2H2. The van der Waals surface area contributed by atoms with Gasteiger partial charge in [-0.2, -0.15) is 0 Å². The Morgan fingerprint density at radius 1 is 1.71 bits per heavy atom.